The van der Waals surface area contributed by atoms with Crippen molar-refractivity contribution < 1.29 is 9.90 Å². The summed E-state index contributed by atoms with van der Waals surface area (Å²) in [6.45, 7) is 6.61. The lowest BCUT2D eigenvalue weighted by molar-refractivity contribution is -0.138. The molecule has 3 nitrogen and oxygen atoms in total. The fraction of sp³-hybridized carbons (Fsp3) is 0.562. The maximum atomic E-state index is 11.0. The van der Waals surface area contributed by atoms with E-state index >= 15 is 0 Å². The second-order valence-electron chi connectivity index (χ2n) is 5.94. The number of benzene rings is 1. The van der Waals surface area contributed by atoms with Crippen molar-refractivity contribution in [1.82, 2.24) is 5.32 Å². The quantitative estimate of drug-likeness (QED) is 0.876. The van der Waals surface area contributed by atoms with Gasteiger partial charge in [-0.15, -0.1) is 11.8 Å². The van der Waals surface area contributed by atoms with Crippen LogP contribution in [0.1, 0.15) is 37.8 Å². The number of rotatable bonds is 5. The zero-order valence-electron chi connectivity index (χ0n) is 12.3. The van der Waals surface area contributed by atoms with E-state index < -0.39 is 12.0 Å². The van der Waals surface area contributed by atoms with Gasteiger partial charge < -0.3 is 5.11 Å². The van der Waals surface area contributed by atoms with Crippen LogP contribution in [0.2, 0.25) is 0 Å². The van der Waals surface area contributed by atoms with Gasteiger partial charge in [0.1, 0.15) is 6.04 Å². The summed E-state index contributed by atoms with van der Waals surface area (Å²) < 4.78 is 0. The molecular formula is C16H23NO2S. The van der Waals surface area contributed by atoms with Crippen LogP contribution < -0.4 is 5.32 Å². The van der Waals surface area contributed by atoms with Gasteiger partial charge in [-0.05, 0) is 23.5 Å². The number of carboxylic acid groups (broad SMARTS) is 1. The minimum absolute atomic E-state index is 0.187. The van der Waals surface area contributed by atoms with E-state index in [2.05, 4.69) is 50.4 Å². The maximum absolute atomic E-state index is 11.0. The summed E-state index contributed by atoms with van der Waals surface area (Å²) in [5.74, 6) is 0.883. The average molecular weight is 293 g/mol. The summed E-state index contributed by atoms with van der Waals surface area (Å²) in [6.07, 6.45) is 1.10. The maximum Gasteiger partial charge on any atom is 0.321 e. The number of carboxylic acids is 1. The van der Waals surface area contributed by atoms with Crippen LogP contribution >= 0.6 is 11.8 Å². The molecule has 0 radical (unpaired) electrons. The molecule has 2 rings (SSSR count). The van der Waals surface area contributed by atoms with Gasteiger partial charge in [-0.2, -0.15) is 0 Å². The first-order valence-corrected chi connectivity index (χ1v) is 8.21. The average Bonchev–Trinajstić information content (AvgIpc) is 2.88. The molecule has 0 spiro atoms. The zero-order chi connectivity index (χ0) is 14.7. The summed E-state index contributed by atoms with van der Waals surface area (Å²) in [5, 5.41) is 12.4. The van der Waals surface area contributed by atoms with Crippen molar-refractivity contribution in [2.24, 2.45) is 5.92 Å². The summed E-state index contributed by atoms with van der Waals surface area (Å²) in [4.78, 5) is 11.0. The van der Waals surface area contributed by atoms with Gasteiger partial charge in [-0.3, -0.25) is 10.1 Å². The SMILES string of the molecule is CC(C)Cc1ccc([C@@H](C)[C@H]2N[C@H](C(=O)O)CS2)cc1. The lowest BCUT2D eigenvalue weighted by Gasteiger charge is -2.20. The molecule has 3 atom stereocenters. The second-order valence-corrected chi connectivity index (χ2v) is 7.11. The van der Waals surface area contributed by atoms with Crippen molar-refractivity contribution >= 4 is 17.7 Å². The van der Waals surface area contributed by atoms with Gasteiger partial charge in [-0.25, -0.2) is 0 Å². The molecule has 1 heterocycles. The van der Waals surface area contributed by atoms with Crippen LogP contribution in [0.15, 0.2) is 24.3 Å². The van der Waals surface area contributed by atoms with E-state index in [4.69, 9.17) is 5.11 Å². The molecule has 0 amide bonds. The summed E-state index contributed by atoms with van der Waals surface area (Å²) in [6, 6.07) is 8.34. The molecule has 0 bridgehead atoms. The molecule has 110 valence electrons. The third-order valence-corrected chi connectivity index (χ3v) is 5.14. The van der Waals surface area contributed by atoms with E-state index in [1.54, 1.807) is 11.8 Å². The highest BCUT2D eigenvalue weighted by molar-refractivity contribution is 8.00. The molecule has 1 aromatic carbocycles. The molecule has 0 aliphatic carbocycles. The molecule has 0 aromatic heterocycles. The van der Waals surface area contributed by atoms with Crippen LogP contribution in [0.3, 0.4) is 0 Å². The molecule has 1 aliphatic rings. The van der Waals surface area contributed by atoms with Gasteiger partial charge in [0.25, 0.3) is 0 Å². The molecular weight excluding hydrogens is 270 g/mol. The van der Waals surface area contributed by atoms with Gasteiger partial charge in [0.2, 0.25) is 0 Å². The molecule has 4 heteroatoms. The van der Waals surface area contributed by atoms with E-state index in [9.17, 15) is 4.79 Å². The van der Waals surface area contributed by atoms with E-state index in [1.165, 1.54) is 11.1 Å². The predicted molar refractivity (Wildman–Crippen MR) is 84.2 cm³/mol. The van der Waals surface area contributed by atoms with Crippen molar-refractivity contribution in [3.8, 4) is 0 Å². The standard InChI is InChI=1S/C16H23NO2S/c1-10(2)8-12-4-6-13(7-5-12)11(3)15-17-14(9-20-15)16(18)19/h4-7,10-11,14-15,17H,8-9H2,1-3H3,(H,18,19)/t11-,14+,15+/m1/s1. The lowest BCUT2D eigenvalue weighted by atomic mass is 9.96. The fourth-order valence-electron chi connectivity index (χ4n) is 2.53. The molecule has 1 fully saturated rings. The Hall–Kier alpha value is -1.00. The van der Waals surface area contributed by atoms with E-state index in [1.807, 2.05) is 0 Å². The minimum atomic E-state index is -0.750. The van der Waals surface area contributed by atoms with Crippen molar-refractivity contribution in [3.05, 3.63) is 35.4 Å². The number of hydrogen-bond acceptors (Lipinski definition) is 3. The van der Waals surface area contributed by atoms with Crippen molar-refractivity contribution in [2.45, 2.75) is 44.5 Å². The number of nitrogens with one attached hydrogen (secondary N) is 1. The molecule has 1 aliphatic heterocycles. The molecule has 1 saturated heterocycles. The zero-order valence-corrected chi connectivity index (χ0v) is 13.1. The minimum Gasteiger partial charge on any atom is -0.480 e. The third kappa shape index (κ3) is 3.76. The first-order valence-electron chi connectivity index (χ1n) is 7.16. The number of thioether (sulfide) groups is 1. The van der Waals surface area contributed by atoms with E-state index in [0.717, 1.165) is 6.42 Å². The van der Waals surface area contributed by atoms with E-state index in [-0.39, 0.29) is 5.37 Å². The van der Waals surface area contributed by atoms with Gasteiger partial charge in [0.15, 0.2) is 0 Å². The Morgan fingerprint density at radius 2 is 2.00 bits per heavy atom. The van der Waals surface area contributed by atoms with Crippen molar-refractivity contribution in [1.29, 1.82) is 0 Å². The van der Waals surface area contributed by atoms with Crippen molar-refractivity contribution in [2.75, 3.05) is 5.75 Å². The Morgan fingerprint density at radius 1 is 1.35 bits per heavy atom. The molecule has 0 unspecified atom stereocenters. The Labute approximate surface area is 125 Å². The van der Waals surface area contributed by atoms with Crippen LogP contribution in [-0.4, -0.2) is 28.2 Å². The summed E-state index contributed by atoms with van der Waals surface area (Å²) >= 11 is 1.70. The van der Waals surface area contributed by atoms with Crippen LogP contribution in [0.5, 0.6) is 0 Å². The molecule has 20 heavy (non-hydrogen) atoms. The van der Waals surface area contributed by atoms with E-state index in [0.29, 0.717) is 17.6 Å². The number of aliphatic carboxylic acids is 1. The van der Waals surface area contributed by atoms with Crippen LogP contribution in [0.25, 0.3) is 0 Å². The summed E-state index contributed by atoms with van der Waals surface area (Å²) in [5.41, 5.74) is 2.64. The van der Waals surface area contributed by atoms with Crippen LogP contribution in [0, 0.1) is 5.92 Å². The Morgan fingerprint density at radius 3 is 2.50 bits per heavy atom. The first kappa shape index (κ1) is 15.4. The largest absolute Gasteiger partial charge is 0.480 e. The lowest BCUT2D eigenvalue weighted by Crippen LogP contribution is -2.38. The number of hydrogen-bond donors (Lipinski definition) is 2. The third-order valence-electron chi connectivity index (χ3n) is 3.71. The normalized spacial score (nSPS) is 24.0. The summed E-state index contributed by atoms with van der Waals surface area (Å²) in [7, 11) is 0. The second kappa shape index (κ2) is 6.64. The first-order chi connectivity index (χ1) is 9.47. The van der Waals surface area contributed by atoms with Crippen LogP contribution in [-0.2, 0) is 11.2 Å². The Balaban J connectivity index is 1.99. The van der Waals surface area contributed by atoms with Gasteiger partial charge >= 0.3 is 5.97 Å². The highest BCUT2D eigenvalue weighted by atomic mass is 32.2. The fourth-order valence-corrected chi connectivity index (χ4v) is 3.87. The predicted octanol–water partition coefficient (Wildman–Crippen LogP) is 3.10. The molecule has 1 aromatic rings. The van der Waals surface area contributed by atoms with Crippen molar-refractivity contribution in [3.63, 3.8) is 0 Å². The monoisotopic (exact) mass is 293 g/mol. The topological polar surface area (TPSA) is 49.3 Å². The van der Waals surface area contributed by atoms with Gasteiger partial charge in [-0.1, -0.05) is 45.0 Å². The number of carbonyl (C=O) groups is 1. The van der Waals surface area contributed by atoms with Crippen LogP contribution in [0.4, 0.5) is 0 Å². The van der Waals surface area contributed by atoms with Gasteiger partial charge in [0, 0.05) is 11.7 Å². The Bertz CT molecular complexity index is 458. The highest BCUT2D eigenvalue weighted by Crippen LogP contribution is 2.31. The van der Waals surface area contributed by atoms with Gasteiger partial charge in [0.05, 0.1) is 5.37 Å². The molecule has 0 saturated carbocycles. The molecule has 2 N–H and O–H groups in total. The Kier molecular flexibility index (Phi) is 5.11. The highest BCUT2D eigenvalue weighted by Gasteiger charge is 2.32. The smallest absolute Gasteiger partial charge is 0.321 e.